The van der Waals surface area contributed by atoms with Gasteiger partial charge in [0.15, 0.2) is 4.96 Å². The molecule has 0 fully saturated rings. The van der Waals surface area contributed by atoms with Gasteiger partial charge in [0.1, 0.15) is 12.4 Å². The molecule has 0 radical (unpaired) electrons. The van der Waals surface area contributed by atoms with Crippen LogP contribution in [0.5, 0.6) is 5.75 Å². The van der Waals surface area contributed by atoms with Crippen LogP contribution in [-0.4, -0.2) is 9.38 Å². The number of thiazole rings is 1. The molecule has 5 rings (SSSR count). The van der Waals surface area contributed by atoms with Gasteiger partial charge in [0.2, 0.25) is 0 Å². The van der Waals surface area contributed by atoms with Crippen LogP contribution in [0.3, 0.4) is 0 Å². The van der Waals surface area contributed by atoms with Gasteiger partial charge < -0.3 is 4.74 Å². The Bertz CT molecular complexity index is 1570. The normalized spacial score (nSPS) is 12.2. The van der Waals surface area contributed by atoms with Gasteiger partial charge in [-0.05, 0) is 73.0 Å². The van der Waals surface area contributed by atoms with Crippen molar-refractivity contribution in [1.82, 2.24) is 9.38 Å². The summed E-state index contributed by atoms with van der Waals surface area (Å²) in [6.07, 6.45) is 1.88. The van der Waals surface area contributed by atoms with Crippen LogP contribution in [-0.2, 0) is 6.61 Å². The van der Waals surface area contributed by atoms with Crippen molar-refractivity contribution in [2.45, 2.75) is 20.5 Å². The molecule has 5 aromatic rings. The third-order valence-electron chi connectivity index (χ3n) is 5.48. The molecular weight excluding hydrogens is 463 g/mol. The Morgan fingerprint density at radius 1 is 1.03 bits per heavy atom. The predicted molar refractivity (Wildman–Crippen MR) is 132 cm³/mol. The first-order valence-corrected chi connectivity index (χ1v) is 11.6. The molecule has 160 valence electrons. The summed E-state index contributed by atoms with van der Waals surface area (Å²) in [4.78, 5) is 18.4. The Hall–Kier alpha value is -2.86. The summed E-state index contributed by atoms with van der Waals surface area (Å²) in [5, 5.41) is 1.15. The van der Waals surface area contributed by atoms with Crippen LogP contribution in [0.4, 0.5) is 0 Å². The van der Waals surface area contributed by atoms with Crippen molar-refractivity contribution >= 4 is 56.6 Å². The molecule has 4 nitrogen and oxygen atoms in total. The molecular formula is C25H18Cl2N2O2S. The smallest absolute Gasteiger partial charge is 0.274 e. The van der Waals surface area contributed by atoms with Crippen LogP contribution < -0.4 is 14.8 Å². The minimum atomic E-state index is -0.0514. The van der Waals surface area contributed by atoms with Gasteiger partial charge in [0.05, 0.1) is 15.6 Å². The van der Waals surface area contributed by atoms with Crippen molar-refractivity contribution in [3.8, 4) is 5.75 Å². The van der Waals surface area contributed by atoms with Crippen molar-refractivity contribution in [1.29, 1.82) is 0 Å². The first-order chi connectivity index (χ1) is 15.4. The molecule has 0 bridgehead atoms. The quantitative estimate of drug-likeness (QED) is 0.318. The van der Waals surface area contributed by atoms with Crippen LogP contribution in [0.2, 0.25) is 10.0 Å². The lowest BCUT2D eigenvalue weighted by atomic mass is 10.1. The Morgan fingerprint density at radius 3 is 2.44 bits per heavy atom. The summed E-state index contributed by atoms with van der Waals surface area (Å²) in [7, 11) is 0. The Morgan fingerprint density at radius 2 is 1.72 bits per heavy atom. The highest BCUT2D eigenvalue weighted by atomic mass is 35.5. The van der Waals surface area contributed by atoms with Crippen molar-refractivity contribution in [3.05, 3.63) is 102 Å². The Balaban J connectivity index is 1.43. The number of hydrogen-bond acceptors (Lipinski definition) is 4. The second-order valence-corrected chi connectivity index (χ2v) is 9.45. The van der Waals surface area contributed by atoms with Gasteiger partial charge >= 0.3 is 0 Å². The third-order valence-corrected chi connectivity index (χ3v) is 7.15. The first kappa shape index (κ1) is 21.0. The van der Waals surface area contributed by atoms with Gasteiger partial charge in [-0.15, -0.1) is 0 Å². The van der Waals surface area contributed by atoms with E-state index >= 15 is 0 Å². The largest absolute Gasteiger partial charge is 0.489 e. The lowest BCUT2D eigenvalue weighted by molar-refractivity contribution is 0.306. The number of ether oxygens (including phenoxy) is 1. The Labute approximate surface area is 198 Å². The fourth-order valence-corrected chi connectivity index (χ4v) is 5.05. The molecule has 0 aliphatic heterocycles. The molecule has 0 saturated carbocycles. The molecule has 7 heteroatoms. The highest BCUT2D eigenvalue weighted by Crippen LogP contribution is 2.26. The molecule has 0 unspecified atom stereocenters. The zero-order chi connectivity index (χ0) is 22.4. The highest BCUT2D eigenvalue weighted by molar-refractivity contribution is 7.15. The molecule has 2 aromatic heterocycles. The molecule has 0 aliphatic rings. The summed E-state index contributed by atoms with van der Waals surface area (Å²) in [6, 6.07) is 17.0. The number of halogens is 2. The molecule has 0 atom stereocenters. The van der Waals surface area contributed by atoms with Crippen molar-refractivity contribution in [3.63, 3.8) is 0 Å². The first-order valence-electron chi connectivity index (χ1n) is 10.0. The monoisotopic (exact) mass is 480 g/mol. The Kier molecular flexibility index (Phi) is 5.41. The standard InChI is InChI=1S/C25H18Cl2N2O2S/c1-14-10-21-22(11-15(14)2)29-24(30)23(32-25(29)28-21)12-16-6-8-17(9-7-16)31-13-18-19(26)4-3-5-20(18)27/h3-12H,13H2,1-2H3/b23-12-. The van der Waals surface area contributed by atoms with E-state index in [0.717, 1.165) is 27.7 Å². The summed E-state index contributed by atoms with van der Waals surface area (Å²) in [6.45, 7) is 4.37. The maximum absolute atomic E-state index is 13.0. The van der Waals surface area contributed by atoms with Crippen molar-refractivity contribution in [2.75, 3.05) is 0 Å². The van der Waals surface area contributed by atoms with E-state index in [-0.39, 0.29) is 12.2 Å². The predicted octanol–water partition coefficient (Wildman–Crippen LogP) is 5.96. The molecule has 0 N–H and O–H groups in total. The van der Waals surface area contributed by atoms with Gasteiger partial charge in [-0.3, -0.25) is 4.79 Å². The highest BCUT2D eigenvalue weighted by Gasteiger charge is 2.12. The van der Waals surface area contributed by atoms with Gasteiger partial charge in [-0.25, -0.2) is 9.38 Å². The van der Waals surface area contributed by atoms with E-state index in [9.17, 15) is 4.79 Å². The summed E-state index contributed by atoms with van der Waals surface area (Å²) < 4.78 is 8.17. The average Bonchev–Trinajstić information content (AvgIpc) is 3.25. The number of aromatic nitrogens is 2. The zero-order valence-corrected chi connectivity index (χ0v) is 19.7. The molecule has 0 spiro atoms. The summed E-state index contributed by atoms with van der Waals surface area (Å²) in [5.74, 6) is 0.693. The molecule has 0 aliphatic carbocycles. The van der Waals surface area contributed by atoms with E-state index in [4.69, 9.17) is 27.9 Å². The van der Waals surface area contributed by atoms with Crippen molar-refractivity contribution in [2.24, 2.45) is 0 Å². The molecule has 2 heterocycles. The van der Waals surface area contributed by atoms with Crippen molar-refractivity contribution < 1.29 is 4.74 Å². The van der Waals surface area contributed by atoms with E-state index in [1.54, 1.807) is 22.6 Å². The zero-order valence-electron chi connectivity index (χ0n) is 17.4. The minimum absolute atomic E-state index is 0.0514. The van der Waals surface area contributed by atoms with Crippen LogP contribution >= 0.6 is 34.5 Å². The fraction of sp³-hybridized carbons (Fsp3) is 0.120. The number of nitrogens with zero attached hydrogens (tertiary/aromatic N) is 2. The number of rotatable bonds is 4. The number of hydrogen-bond donors (Lipinski definition) is 0. The summed E-state index contributed by atoms with van der Waals surface area (Å²) >= 11 is 13.8. The van der Waals surface area contributed by atoms with E-state index in [2.05, 4.69) is 11.9 Å². The lowest BCUT2D eigenvalue weighted by Crippen LogP contribution is -2.22. The second-order valence-electron chi connectivity index (χ2n) is 7.63. The third kappa shape index (κ3) is 3.77. The maximum atomic E-state index is 13.0. The van der Waals surface area contributed by atoms with E-state index in [0.29, 0.717) is 25.3 Å². The average molecular weight is 481 g/mol. The van der Waals surface area contributed by atoms with E-state index < -0.39 is 0 Å². The van der Waals surface area contributed by atoms with Gasteiger partial charge in [0.25, 0.3) is 5.56 Å². The number of aryl methyl sites for hydroxylation is 2. The fourth-order valence-electron chi connectivity index (χ4n) is 3.56. The minimum Gasteiger partial charge on any atom is -0.489 e. The van der Waals surface area contributed by atoms with Crippen LogP contribution in [0.25, 0.3) is 22.1 Å². The maximum Gasteiger partial charge on any atom is 0.274 e. The van der Waals surface area contributed by atoms with Gasteiger partial charge in [-0.2, -0.15) is 0 Å². The summed E-state index contributed by atoms with van der Waals surface area (Å²) in [5.41, 5.74) is 5.62. The number of imidazole rings is 1. The van der Waals surface area contributed by atoms with Gasteiger partial charge in [0, 0.05) is 15.6 Å². The number of fused-ring (bicyclic) bond motifs is 3. The van der Waals surface area contributed by atoms with E-state index in [1.807, 2.05) is 49.4 Å². The number of benzene rings is 3. The molecule has 0 amide bonds. The SMILES string of the molecule is Cc1cc2nc3s/c(=C\c4ccc(OCc5c(Cl)cccc5Cl)cc4)c(=O)n3c2cc1C. The topological polar surface area (TPSA) is 43.6 Å². The second kappa shape index (κ2) is 8.24. The van der Waals surface area contributed by atoms with Crippen LogP contribution in [0.1, 0.15) is 22.3 Å². The lowest BCUT2D eigenvalue weighted by Gasteiger charge is -2.09. The van der Waals surface area contributed by atoms with Gasteiger partial charge in [-0.1, -0.05) is 52.7 Å². The molecule has 0 saturated heterocycles. The molecule has 3 aromatic carbocycles. The van der Waals surface area contributed by atoms with E-state index in [1.165, 1.54) is 16.9 Å². The molecule has 32 heavy (non-hydrogen) atoms. The van der Waals surface area contributed by atoms with Crippen LogP contribution in [0.15, 0.2) is 59.4 Å². The van der Waals surface area contributed by atoms with Crippen LogP contribution in [0, 0.1) is 13.8 Å².